The molecular weight excluding hydrogens is 280 g/mol. The van der Waals surface area contributed by atoms with Gasteiger partial charge in [0, 0.05) is 24.0 Å². The highest BCUT2D eigenvalue weighted by Gasteiger charge is 2.43. The van der Waals surface area contributed by atoms with E-state index in [1.165, 1.54) is 12.1 Å². The van der Waals surface area contributed by atoms with Crippen LogP contribution < -0.4 is 14.8 Å². The van der Waals surface area contributed by atoms with E-state index in [1.807, 2.05) is 13.1 Å². The van der Waals surface area contributed by atoms with Gasteiger partial charge in [-0.05, 0) is 31.9 Å². The largest absolute Gasteiger partial charge is 0.586 e. The third-order valence-electron chi connectivity index (χ3n) is 3.45. The molecule has 1 N–H and O–H groups in total. The minimum Gasteiger partial charge on any atom is -0.395 e. The van der Waals surface area contributed by atoms with Crippen molar-refractivity contribution in [2.75, 3.05) is 5.32 Å². The quantitative estimate of drug-likeness (QED) is 0.939. The van der Waals surface area contributed by atoms with E-state index in [0.29, 0.717) is 17.7 Å². The molecule has 0 radical (unpaired) electrons. The van der Waals surface area contributed by atoms with Crippen LogP contribution in [0.3, 0.4) is 0 Å². The zero-order valence-corrected chi connectivity index (χ0v) is 11.3. The van der Waals surface area contributed by atoms with Crippen molar-refractivity contribution in [2.45, 2.75) is 32.1 Å². The highest BCUT2D eigenvalue weighted by Crippen LogP contribution is 2.43. The zero-order chi connectivity index (χ0) is 14.6. The maximum Gasteiger partial charge on any atom is 0.586 e. The number of nitrogens with zero attached hydrogens (tertiary/aromatic N) is 2. The van der Waals surface area contributed by atoms with E-state index in [9.17, 15) is 8.78 Å². The lowest BCUT2D eigenvalue weighted by molar-refractivity contribution is -0.286. The highest BCUT2D eigenvalue weighted by molar-refractivity contribution is 5.61. The van der Waals surface area contributed by atoms with Crippen LogP contribution in [0.1, 0.15) is 24.6 Å². The summed E-state index contributed by atoms with van der Waals surface area (Å²) in [5.41, 5.74) is 1.54. The summed E-state index contributed by atoms with van der Waals surface area (Å²) in [6.45, 7) is 1.92. The van der Waals surface area contributed by atoms with Crippen molar-refractivity contribution in [1.82, 2.24) is 9.55 Å². The molecule has 7 heteroatoms. The lowest BCUT2D eigenvalue weighted by Gasteiger charge is -2.09. The first kappa shape index (κ1) is 12.4. The van der Waals surface area contributed by atoms with Crippen LogP contribution in [-0.2, 0) is 0 Å². The fraction of sp³-hybridized carbons (Fsp3) is 0.357. The van der Waals surface area contributed by atoms with Gasteiger partial charge in [-0.1, -0.05) is 0 Å². The van der Waals surface area contributed by atoms with Gasteiger partial charge in [0.25, 0.3) is 0 Å². The molecular formula is C14H13F2N3O2. The Morgan fingerprint density at radius 2 is 2.05 bits per heavy atom. The number of benzene rings is 1. The average molecular weight is 293 g/mol. The fourth-order valence-corrected chi connectivity index (χ4v) is 2.40. The molecule has 0 saturated heterocycles. The molecule has 1 aromatic heterocycles. The molecule has 1 fully saturated rings. The number of fused-ring (bicyclic) bond motifs is 1. The molecule has 110 valence electrons. The van der Waals surface area contributed by atoms with E-state index in [-0.39, 0.29) is 11.5 Å². The average Bonchev–Trinajstić information content (AvgIpc) is 3.10. The summed E-state index contributed by atoms with van der Waals surface area (Å²) >= 11 is 0. The van der Waals surface area contributed by atoms with Crippen molar-refractivity contribution in [3.05, 3.63) is 30.1 Å². The summed E-state index contributed by atoms with van der Waals surface area (Å²) in [6, 6.07) is 5.07. The van der Waals surface area contributed by atoms with Gasteiger partial charge in [-0.15, -0.1) is 8.78 Å². The minimum atomic E-state index is -3.59. The zero-order valence-electron chi connectivity index (χ0n) is 11.3. The third kappa shape index (κ3) is 2.28. The van der Waals surface area contributed by atoms with Crippen molar-refractivity contribution in [2.24, 2.45) is 0 Å². The van der Waals surface area contributed by atoms with E-state index in [0.717, 1.165) is 18.5 Å². The van der Waals surface area contributed by atoms with Crippen molar-refractivity contribution in [3.63, 3.8) is 0 Å². The SMILES string of the molecule is Cc1cn(C2CC2)c(Nc2ccc3c(c2)OC(F)(F)O3)n1. The molecule has 1 aliphatic heterocycles. The first-order chi connectivity index (χ1) is 10.00. The summed E-state index contributed by atoms with van der Waals surface area (Å²) < 4.78 is 36.9. The normalized spacial score (nSPS) is 18.8. The summed E-state index contributed by atoms with van der Waals surface area (Å²) in [6.07, 6.45) is 0.667. The Bertz CT molecular complexity index is 710. The smallest absolute Gasteiger partial charge is 0.395 e. The number of nitrogens with one attached hydrogen (secondary N) is 1. The van der Waals surface area contributed by atoms with Crippen LogP contribution >= 0.6 is 0 Å². The Morgan fingerprint density at radius 1 is 1.29 bits per heavy atom. The molecule has 4 rings (SSSR count). The Hall–Kier alpha value is -2.31. The van der Waals surface area contributed by atoms with E-state index in [2.05, 4.69) is 24.3 Å². The van der Waals surface area contributed by atoms with E-state index < -0.39 is 6.29 Å². The molecule has 0 unspecified atom stereocenters. The van der Waals surface area contributed by atoms with Crippen molar-refractivity contribution in [3.8, 4) is 11.5 Å². The fourth-order valence-electron chi connectivity index (χ4n) is 2.40. The van der Waals surface area contributed by atoms with E-state index in [1.54, 1.807) is 6.07 Å². The Morgan fingerprint density at radius 3 is 2.81 bits per heavy atom. The first-order valence-electron chi connectivity index (χ1n) is 6.72. The summed E-state index contributed by atoms with van der Waals surface area (Å²) in [7, 11) is 0. The summed E-state index contributed by atoms with van der Waals surface area (Å²) in [5.74, 6) is 0.763. The molecule has 2 heterocycles. The van der Waals surface area contributed by atoms with Crippen LogP contribution in [0.2, 0.25) is 0 Å². The van der Waals surface area contributed by atoms with Crippen molar-refractivity contribution < 1.29 is 18.3 Å². The summed E-state index contributed by atoms with van der Waals surface area (Å²) in [5, 5.41) is 3.14. The van der Waals surface area contributed by atoms with Gasteiger partial charge in [0.15, 0.2) is 11.5 Å². The number of aromatic nitrogens is 2. The second-order valence-electron chi connectivity index (χ2n) is 5.30. The Labute approximate surface area is 119 Å². The van der Waals surface area contributed by atoms with Crippen LogP contribution in [0.5, 0.6) is 11.5 Å². The number of anilines is 2. The van der Waals surface area contributed by atoms with Crippen LogP contribution in [0, 0.1) is 6.92 Å². The number of hydrogen-bond donors (Lipinski definition) is 1. The van der Waals surface area contributed by atoms with Crippen LogP contribution in [-0.4, -0.2) is 15.8 Å². The van der Waals surface area contributed by atoms with Gasteiger partial charge in [-0.2, -0.15) is 0 Å². The number of alkyl halides is 2. The van der Waals surface area contributed by atoms with Crippen LogP contribution in [0.25, 0.3) is 0 Å². The number of rotatable bonds is 3. The predicted molar refractivity (Wildman–Crippen MR) is 71.2 cm³/mol. The molecule has 5 nitrogen and oxygen atoms in total. The second kappa shape index (κ2) is 4.09. The molecule has 0 spiro atoms. The van der Waals surface area contributed by atoms with Crippen molar-refractivity contribution in [1.29, 1.82) is 0 Å². The molecule has 0 bridgehead atoms. The molecule has 1 aliphatic carbocycles. The number of imidazole rings is 1. The van der Waals surface area contributed by atoms with Gasteiger partial charge in [-0.25, -0.2) is 4.98 Å². The molecule has 0 atom stereocenters. The first-order valence-corrected chi connectivity index (χ1v) is 6.72. The standard InChI is InChI=1S/C14H13F2N3O2/c1-8-7-19(10-3-4-10)13(17-8)18-9-2-5-11-12(6-9)21-14(15,16)20-11/h2,5-7,10H,3-4H2,1H3,(H,17,18). The van der Waals surface area contributed by atoms with Gasteiger partial charge in [0.1, 0.15) is 0 Å². The molecule has 2 aromatic rings. The van der Waals surface area contributed by atoms with E-state index >= 15 is 0 Å². The van der Waals surface area contributed by atoms with Gasteiger partial charge in [0.2, 0.25) is 5.95 Å². The van der Waals surface area contributed by atoms with Crippen molar-refractivity contribution >= 4 is 11.6 Å². The molecule has 0 amide bonds. The number of halogens is 2. The Kier molecular flexibility index (Phi) is 2.42. The number of hydrogen-bond acceptors (Lipinski definition) is 4. The third-order valence-corrected chi connectivity index (χ3v) is 3.45. The maximum absolute atomic E-state index is 13.0. The second-order valence-corrected chi connectivity index (χ2v) is 5.30. The Balaban J connectivity index is 1.61. The predicted octanol–water partition coefficient (Wildman–Crippen LogP) is 3.59. The van der Waals surface area contributed by atoms with Crippen LogP contribution in [0.15, 0.2) is 24.4 Å². The monoisotopic (exact) mass is 293 g/mol. The lowest BCUT2D eigenvalue weighted by atomic mass is 10.3. The maximum atomic E-state index is 13.0. The molecule has 1 aromatic carbocycles. The summed E-state index contributed by atoms with van der Waals surface area (Å²) in [4.78, 5) is 4.42. The number of aryl methyl sites for hydroxylation is 1. The highest BCUT2D eigenvalue weighted by atomic mass is 19.3. The van der Waals surface area contributed by atoms with Gasteiger partial charge >= 0.3 is 6.29 Å². The minimum absolute atomic E-state index is 0.0197. The van der Waals surface area contributed by atoms with E-state index in [4.69, 9.17) is 0 Å². The topological polar surface area (TPSA) is 48.3 Å². The molecule has 21 heavy (non-hydrogen) atoms. The number of ether oxygens (including phenoxy) is 2. The molecule has 1 saturated carbocycles. The van der Waals surface area contributed by atoms with Gasteiger partial charge in [-0.3, -0.25) is 0 Å². The van der Waals surface area contributed by atoms with Gasteiger partial charge < -0.3 is 19.4 Å². The van der Waals surface area contributed by atoms with Gasteiger partial charge in [0.05, 0.1) is 5.69 Å². The molecule has 2 aliphatic rings. The van der Waals surface area contributed by atoms with Crippen LogP contribution in [0.4, 0.5) is 20.4 Å². The lowest BCUT2D eigenvalue weighted by Crippen LogP contribution is -2.25.